The largest absolute Gasteiger partial charge is 0.481 e. The highest BCUT2D eigenvalue weighted by Gasteiger charge is 2.20. The van der Waals surface area contributed by atoms with Crippen LogP contribution >= 0.6 is 0 Å². The first-order chi connectivity index (χ1) is 8.89. The van der Waals surface area contributed by atoms with Crippen molar-refractivity contribution in [2.75, 3.05) is 19.6 Å². The van der Waals surface area contributed by atoms with E-state index < -0.39 is 5.97 Å². The summed E-state index contributed by atoms with van der Waals surface area (Å²) < 4.78 is 0. The maximum absolute atomic E-state index is 11.7. The van der Waals surface area contributed by atoms with Gasteiger partial charge in [-0.2, -0.15) is 0 Å². The van der Waals surface area contributed by atoms with E-state index in [0.29, 0.717) is 25.3 Å². The molecule has 0 aromatic heterocycles. The summed E-state index contributed by atoms with van der Waals surface area (Å²) >= 11 is 0. The van der Waals surface area contributed by atoms with Crippen LogP contribution in [0.5, 0.6) is 0 Å². The fourth-order valence-electron chi connectivity index (χ4n) is 2.33. The molecule has 1 amide bonds. The molecule has 1 aliphatic rings. The number of nitrogens with one attached hydrogen (secondary N) is 2. The zero-order valence-corrected chi connectivity index (χ0v) is 12.0. The lowest BCUT2D eigenvalue weighted by Crippen LogP contribution is -2.30. The average molecular weight is 270 g/mol. The Morgan fingerprint density at radius 3 is 2.68 bits per heavy atom. The van der Waals surface area contributed by atoms with E-state index in [0.717, 1.165) is 25.9 Å². The minimum atomic E-state index is -0.758. The third kappa shape index (κ3) is 7.15. The molecule has 1 rings (SSSR count). The molecule has 1 fully saturated rings. The second kappa shape index (κ2) is 7.48. The Hall–Kier alpha value is -1.10. The first-order valence-corrected chi connectivity index (χ1v) is 7.08. The van der Waals surface area contributed by atoms with Gasteiger partial charge in [0.1, 0.15) is 0 Å². The molecule has 110 valence electrons. The fourth-order valence-corrected chi connectivity index (χ4v) is 2.33. The summed E-state index contributed by atoms with van der Waals surface area (Å²) in [6.07, 6.45) is 3.33. The molecule has 1 aliphatic heterocycles. The number of hydrogen-bond acceptors (Lipinski definition) is 3. The van der Waals surface area contributed by atoms with Gasteiger partial charge in [0, 0.05) is 19.4 Å². The molecular weight excluding hydrogens is 244 g/mol. The monoisotopic (exact) mass is 270 g/mol. The Balaban J connectivity index is 2.13. The fraction of sp³-hybridized carbons (Fsp3) is 0.857. The molecule has 5 nitrogen and oxygen atoms in total. The van der Waals surface area contributed by atoms with Gasteiger partial charge in [-0.3, -0.25) is 9.59 Å². The van der Waals surface area contributed by atoms with Gasteiger partial charge in [0.2, 0.25) is 5.91 Å². The lowest BCUT2D eigenvalue weighted by atomic mass is 9.84. The van der Waals surface area contributed by atoms with Crippen LogP contribution < -0.4 is 10.6 Å². The topological polar surface area (TPSA) is 78.4 Å². The molecule has 1 atom stereocenters. The van der Waals surface area contributed by atoms with Crippen molar-refractivity contribution in [1.29, 1.82) is 0 Å². The van der Waals surface area contributed by atoms with Crippen molar-refractivity contribution >= 4 is 11.9 Å². The lowest BCUT2D eigenvalue weighted by molar-refractivity contribution is -0.137. The third-order valence-electron chi connectivity index (χ3n) is 3.78. The first kappa shape index (κ1) is 16.0. The molecule has 0 bridgehead atoms. The molecule has 0 aromatic carbocycles. The molecule has 1 unspecified atom stereocenters. The second-order valence-electron chi connectivity index (χ2n) is 6.22. The molecule has 0 saturated carbocycles. The number of carbonyl (C=O) groups is 2. The highest BCUT2D eigenvalue weighted by atomic mass is 16.4. The first-order valence-electron chi connectivity index (χ1n) is 7.08. The van der Waals surface area contributed by atoms with E-state index in [9.17, 15) is 9.59 Å². The van der Waals surface area contributed by atoms with Crippen molar-refractivity contribution in [2.45, 2.75) is 46.0 Å². The van der Waals surface area contributed by atoms with E-state index in [1.165, 1.54) is 0 Å². The maximum Gasteiger partial charge on any atom is 0.303 e. The van der Waals surface area contributed by atoms with E-state index >= 15 is 0 Å². The average Bonchev–Trinajstić information content (AvgIpc) is 2.79. The molecule has 0 aromatic rings. The molecule has 5 heteroatoms. The van der Waals surface area contributed by atoms with Gasteiger partial charge in [-0.25, -0.2) is 0 Å². The van der Waals surface area contributed by atoms with Gasteiger partial charge in [0.25, 0.3) is 0 Å². The quantitative estimate of drug-likeness (QED) is 0.622. The molecular formula is C14H26N2O3. The van der Waals surface area contributed by atoms with Crippen LogP contribution in [0.1, 0.15) is 46.0 Å². The highest BCUT2D eigenvalue weighted by Crippen LogP contribution is 2.26. The zero-order chi connectivity index (χ0) is 14.3. The van der Waals surface area contributed by atoms with Crippen molar-refractivity contribution in [1.82, 2.24) is 10.6 Å². The summed E-state index contributed by atoms with van der Waals surface area (Å²) in [7, 11) is 0. The predicted octanol–water partition coefficient (Wildman–Crippen LogP) is 1.38. The number of carbonyl (C=O) groups excluding carboxylic acids is 1. The van der Waals surface area contributed by atoms with E-state index in [1.54, 1.807) is 0 Å². The normalized spacial score (nSPS) is 19.4. The van der Waals surface area contributed by atoms with Gasteiger partial charge >= 0.3 is 5.97 Å². The summed E-state index contributed by atoms with van der Waals surface area (Å²) in [5.74, 6) is -0.173. The second-order valence-corrected chi connectivity index (χ2v) is 6.22. The van der Waals surface area contributed by atoms with E-state index in [4.69, 9.17) is 5.11 Å². The number of aliphatic carboxylic acids is 1. The van der Waals surface area contributed by atoms with Gasteiger partial charge in [-0.15, -0.1) is 0 Å². The molecule has 0 radical (unpaired) electrons. The standard InChI is InChI=1S/C14H26N2O3/c1-14(2,5-3-13(18)19)6-8-16-12(17)9-11-4-7-15-10-11/h11,15H,3-10H2,1-2H3,(H,16,17)(H,18,19). The van der Waals surface area contributed by atoms with E-state index in [1.807, 2.05) is 13.8 Å². The van der Waals surface area contributed by atoms with Crippen molar-refractivity contribution in [2.24, 2.45) is 11.3 Å². The number of amides is 1. The van der Waals surface area contributed by atoms with Crippen molar-refractivity contribution < 1.29 is 14.7 Å². The molecule has 1 saturated heterocycles. The van der Waals surface area contributed by atoms with Crippen LogP contribution in [0.3, 0.4) is 0 Å². The molecule has 3 N–H and O–H groups in total. The van der Waals surface area contributed by atoms with Gasteiger partial charge in [-0.05, 0) is 43.7 Å². The molecule has 0 aliphatic carbocycles. The molecule has 0 spiro atoms. The summed E-state index contributed by atoms with van der Waals surface area (Å²) in [6, 6.07) is 0. The van der Waals surface area contributed by atoms with Crippen LogP contribution in [-0.4, -0.2) is 36.6 Å². The van der Waals surface area contributed by atoms with Crippen LogP contribution in [0.15, 0.2) is 0 Å². The van der Waals surface area contributed by atoms with Crippen LogP contribution in [0, 0.1) is 11.3 Å². The number of rotatable bonds is 8. The van der Waals surface area contributed by atoms with Gasteiger partial charge in [0.05, 0.1) is 0 Å². The number of hydrogen-bond donors (Lipinski definition) is 3. The molecule has 19 heavy (non-hydrogen) atoms. The van der Waals surface area contributed by atoms with Gasteiger partial charge < -0.3 is 15.7 Å². The van der Waals surface area contributed by atoms with E-state index in [2.05, 4.69) is 10.6 Å². The van der Waals surface area contributed by atoms with Crippen molar-refractivity contribution in [3.05, 3.63) is 0 Å². The summed E-state index contributed by atoms with van der Waals surface area (Å²) in [5, 5.41) is 14.9. The Bertz CT molecular complexity index is 310. The number of carboxylic acids is 1. The third-order valence-corrected chi connectivity index (χ3v) is 3.78. The Morgan fingerprint density at radius 1 is 1.37 bits per heavy atom. The predicted molar refractivity (Wildman–Crippen MR) is 73.9 cm³/mol. The maximum atomic E-state index is 11.7. The molecule has 1 heterocycles. The zero-order valence-electron chi connectivity index (χ0n) is 12.0. The van der Waals surface area contributed by atoms with Crippen LogP contribution in [-0.2, 0) is 9.59 Å². The highest BCUT2D eigenvalue weighted by molar-refractivity contribution is 5.76. The summed E-state index contributed by atoms with van der Waals surface area (Å²) in [4.78, 5) is 22.3. The van der Waals surface area contributed by atoms with E-state index in [-0.39, 0.29) is 17.7 Å². The summed E-state index contributed by atoms with van der Waals surface area (Å²) in [6.45, 7) is 6.68. The van der Waals surface area contributed by atoms with Crippen LogP contribution in [0.2, 0.25) is 0 Å². The smallest absolute Gasteiger partial charge is 0.303 e. The Labute approximate surface area is 115 Å². The lowest BCUT2D eigenvalue weighted by Gasteiger charge is -2.24. The Morgan fingerprint density at radius 2 is 2.11 bits per heavy atom. The summed E-state index contributed by atoms with van der Waals surface area (Å²) in [5.41, 5.74) is -0.0411. The van der Waals surface area contributed by atoms with Crippen LogP contribution in [0.4, 0.5) is 0 Å². The Kier molecular flexibility index (Phi) is 6.28. The number of carboxylic acid groups (broad SMARTS) is 1. The van der Waals surface area contributed by atoms with Crippen molar-refractivity contribution in [3.8, 4) is 0 Å². The van der Waals surface area contributed by atoms with Crippen molar-refractivity contribution in [3.63, 3.8) is 0 Å². The van der Waals surface area contributed by atoms with Gasteiger partial charge in [-0.1, -0.05) is 13.8 Å². The SMILES string of the molecule is CC(C)(CCNC(=O)CC1CCNC1)CCC(=O)O. The minimum absolute atomic E-state index is 0.0411. The van der Waals surface area contributed by atoms with Gasteiger partial charge in [0.15, 0.2) is 0 Å². The minimum Gasteiger partial charge on any atom is -0.481 e. The van der Waals surface area contributed by atoms with Crippen LogP contribution in [0.25, 0.3) is 0 Å².